The molecule has 0 aliphatic heterocycles. The highest BCUT2D eigenvalue weighted by Crippen LogP contribution is 2.87. The largest absolute Gasteiger partial charge is 0.396 e. The lowest BCUT2D eigenvalue weighted by Gasteiger charge is -2.62. The Bertz CT molecular complexity index is 311. The second kappa shape index (κ2) is 1.29. The minimum atomic E-state index is 0.144. The van der Waals surface area contributed by atoms with Crippen molar-refractivity contribution in [3.63, 3.8) is 0 Å². The molecule has 2 nitrogen and oxygen atoms in total. The van der Waals surface area contributed by atoms with E-state index < -0.39 is 0 Å². The van der Waals surface area contributed by atoms with Gasteiger partial charge in [-0.2, -0.15) is 0 Å². The highest BCUT2D eigenvalue weighted by molar-refractivity contribution is 6.07. The van der Waals surface area contributed by atoms with Gasteiger partial charge in [-0.25, -0.2) is 0 Å². The van der Waals surface area contributed by atoms with Crippen LogP contribution in [0.15, 0.2) is 0 Å². The highest BCUT2D eigenvalue weighted by atomic mass is 16.3. The number of hydrogen-bond donors (Lipinski definition) is 1. The van der Waals surface area contributed by atoms with Gasteiger partial charge in [0.15, 0.2) is 0 Å². The molecular formula is C10H12O2. The van der Waals surface area contributed by atoms with Crippen LogP contribution in [-0.2, 0) is 4.79 Å². The van der Waals surface area contributed by atoms with Gasteiger partial charge in [0, 0.05) is 17.9 Å². The number of hydrogen-bond acceptors (Lipinski definition) is 2. The van der Waals surface area contributed by atoms with Gasteiger partial charge in [0.25, 0.3) is 0 Å². The summed E-state index contributed by atoms with van der Waals surface area (Å²) in [5.41, 5.74) is 0.368. The Labute approximate surface area is 71.0 Å². The Hall–Kier alpha value is -0.370. The summed E-state index contributed by atoms with van der Waals surface area (Å²) in [6.45, 7) is 0.333. The fourth-order valence-corrected chi connectivity index (χ4v) is 4.83. The van der Waals surface area contributed by atoms with Crippen molar-refractivity contribution in [3.8, 4) is 0 Å². The van der Waals surface area contributed by atoms with Crippen LogP contribution >= 0.6 is 0 Å². The molecule has 0 aromatic heterocycles. The topological polar surface area (TPSA) is 37.3 Å². The molecule has 4 saturated carbocycles. The van der Waals surface area contributed by atoms with Gasteiger partial charge in [0.2, 0.25) is 0 Å². The average Bonchev–Trinajstić information content (AvgIpc) is 2.56. The first-order chi connectivity index (χ1) is 5.74. The van der Waals surface area contributed by atoms with Crippen molar-refractivity contribution >= 4 is 5.78 Å². The van der Waals surface area contributed by atoms with Crippen LogP contribution in [0.2, 0.25) is 0 Å². The lowest BCUT2D eigenvalue weighted by atomic mass is 9.41. The summed E-state index contributed by atoms with van der Waals surface area (Å²) < 4.78 is 0. The maximum absolute atomic E-state index is 11.4. The van der Waals surface area contributed by atoms with Crippen LogP contribution in [0, 0.1) is 28.6 Å². The standard InChI is InChI=1S/C10H12O2/c11-4-9-1-5-2-10(7(5)9)6(3-9)8(10)12/h5-7,11H,1-4H2. The van der Waals surface area contributed by atoms with E-state index in [1.54, 1.807) is 0 Å². The zero-order chi connectivity index (χ0) is 8.14. The molecule has 4 aliphatic rings. The van der Waals surface area contributed by atoms with E-state index in [-0.39, 0.29) is 10.8 Å². The van der Waals surface area contributed by atoms with Crippen LogP contribution in [0.3, 0.4) is 0 Å². The van der Waals surface area contributed by atoms with Crippen LogP contribution in [-0.4, -0.2) is 17.5 Å². The third-order valence-electron chi connectivity index (χ3n) is 5.19. The molecule has 4 fully saturated rings. The molecule has 64 valence electrons. The van der Waals surface area contributed by atoms with Crippen LogP contribution < -0.4 is 0 Å². The Kier molecular flexibility index (Phi) is 0.661. The third kappa shape index (κ3) is 0.316. The van der Waals surface area contributed by atoms with E-state index >= 15 is 0 Å². The first-order valence-electron chi connectivity index (χ1n) is 4.90. The molecule has 4 aliphatic carbocycles. The van der Waals surface area contributed by atoms with Crippen LogP contribution in [0.1, 0.15) is 19.3 Å². The van der Waals surface area contributed by atoms with E-state index in [1.165, 1.54) is 12.8 Å². The maximum atomic E-state index is 11.4. The number of aliphatic hydroxyl groups is 1. The quantitative estimate of drug-likeness (QED) is 0.616. The van der Waals surface area contributed by atoms with Gasteiger partial charge >= 0.3 is 0 Å². The van der Waals surface area contributed by atoms with Crippen molar-refractivity contribution in [1.29, 1.82) is 0 Å². The van der Waals surface area contributed by atoms with Crippen molar-refractivity contribution in [2.75, 3.05) is 6.61 Å². The predicted molar refractivity (Wildman–Crippen MR) is 41.3 cm³/mol. The third-order valence-corrected chi connectivity index (χ3v) is 5.19. The zero-order valence-corrected chi connectivity index (χ0v) is 6.92. The molecule has 0 amide bonds. The zero-order valence-electron chi connectivity index (χ0n) is 6.92. The normalized spacial score (nSPS) is 69.4. The minimum absolute atomic E-state index is 0.144. The predicted octanol–water partition coefficient (Wildman–Crippen LogP) is 0.594. The molecule has 5 atom stereocenters. The monoisotopic (exact) mass is 164 g/mol. The van der Waals surface area contributed by atoms with E-state index in [0.717, 1.165) is 12.3 Å². The van der Waals surface area contributed by atoms with Gasteiger partial charge in [-0.05, 0) is 36.5 Å². The molecule has 4 rings (SSSR count). The number of carbonyl (C=O) groups excluding carboxylic acids is 1. The number of Topliss-reactive ketones (excluding diaryl/α,β-unsaturated/α-hetero) is 1. The summed E-state index contributed by atoms with van der Waals surface area (Å²) >= 11 is 0. The summed E-state index contributed by atoms with van der Waals surface area (Å²) in [7, 11) is 0. The summed E-state index contributed by atoms with van der Waals surface area (Å²) in [6.07, 6.45) is 3.39. The molecule has 0 aromatic rings. The molecule has 2 heteroatoms. The second-order valence-electron chi connectivity index (χ2n) is 5.33. The average molecular weight is 164 g/mol. The molecule has 5 unspecified atom stereocenters. The lowest BCUT2D eigenvalue weighted by molar-refractivity contribution is -0.175. The maximum Gasteiger partial charge on any atom is 0.144 e. The van der Waals surface area contributed by atoms with E-state index in [0.29, 0.717) is 24.2 Å². The van der Waals surface area contributed by atoms with Gasteiger partial charge in [-0.15, -0.1) is 0 Å². The van der Waals surface area contributed by atoms with Gasteiger partial charge in [0.05, 0.1) is 0 Å². The lowest BCUT2D eigenvalue weighted by Crippen LogP contribution is -2.59. The second-order valence-corrected chi connectivity index (χ2v) is 5.33. The summed E-state index contributed by atoms with van der Waals surface area (Å²) in [5, 5.41) is 9.30. The molecule has 0 bridgehead atoms. The highest BCUT2D eigenvalue weighted by Gasteiger charge is 2.88. The number of aliphatic hydroxyl groups excluding tert-OH is 1. The van der Waals surface area contributed by atoms with Crippen LogP contribution in [0.25, 0.3) is 0 Å². The Morgan fingerprint density at radius 3 is 2.92 bits per heavy atom. The van der Waals surface area contributed by atoms with E-state index in [9.17, 15) is 9.90 Å². The van der Waals surface area contributed by atoms with E-state index in [4.69, 9.17) is 0 Å². The molecule has 12 heavy (non-hydrogen) atoms. The van der Waals surface area contributed by atoms with Crippen molar-refractivity contribution in [1.82, 2.24) is 0 Å². The SMILES string of the molecule is O=C1C2CC3(CO)CC4CC12C43. The van der Waals surface area contributed by atoms with Crippen molar-refractivity contribution < 1.29 is 9.90 Å². The van der Waals surface area contributed by atoms with Gasteiger partial charge < -0.3 is 5.11 Å². The van der Waals surface area contributed by atoms with Gasteiger partial charge in [-0.3, -0.25) is 4.79 Å². The molecule has 0 radical (unpaired) electrons. The number of rotatable bonds is 1. The molecular weight excluding hydrogens is 152 g/mol. The summed E-state index contributed by atoms with van der Waals surface area (Å²) in [6, 6.07) is 0. The summed E-state index contributed by atoms with van der Waals surface area (Å²) in [4.78, 5) is 11.4. The van der Waals surface area contributed by atoms with E-state index in [2.05, 4.69) is 0 Å². The van der Waals surface area contributed by atoms with Crippen LogP contribution in [0.4, 0.5) is 0 Å². The Balaban J connectivity index is 1.83. The molecule has 1 spiro atoms. The minimum Gasteiger partial charge on any atom is -0.396 e. The Morgan fingerprint density at radius 1 is 1.42 bits per heavy atom. The van der Waals surface area contributed by atoms with Gasteiger partial charge in [-0.1, -0.05) is 0 Å². The number of carbonyl (C=O) groups is 1. The first-order valence-corrected chi connectivity index (χ1v) is 4.90. The Morgan fingerprint density at radius 2 is 2.25 bits per heavy atom. The van der Waals surface area contributed by atoms with Crippen LogP contribution in [0.5, 0.6) is 0 Å². The molecule has 0 saturated heterocycles. The van der Waals surface area contributed by atoms with E-state index in [1.807, 2.05) is 0 Å². The molecule has 1 N–H and O–H groups in total. The van der Waals surface area contributed by atoms with Crippen molar-refractivity contribution in [3.05, 3.63) is 0 Å². The van der Waals surface area contributed by atoms with Crippen molar-refractivity contribution in [2.24, 2.45) is 28.6 Å². The summed E-state index contributed by atoms with van der Waals surface area (Å²) in [5.74, 6) is 2.35. The fourth-order valence-electron chi connectivity index (χ4n) is 4.83. The molecule has 0 heterocycles. The van der Waals surface area contributed by atoms with Crippen molar-refractivity contribution in [2.45, 2.75) is 19.3 Å². The van der Waals surface area contributed by atoms with Gasteiger partial charge in [0.1, 0.15) is 5.78 Å². The number of ketones is 1. The fraction of sp³-hybridized carbons (Fsp3) is 0.900. The first kappa shape index (κ1) is 6.14. The molecule has 0 aromatic carbocycles. The smallest absolute Gasteiger partial charge is 0.144 e.